The molecule has 4 nitrogen and oxygen atoms in total. The summed E-state index contributed by atoms with van der Waals surface area (Å²) in [6.07, 6.45) is 0.908. The Bertz CT molecular complexity index is 716. The molecule has 0 saturated heterocycles. The maximum absolute atomic E-state index is 12.3. The number of amides is 1. The summed E-state index contributed by atoms with van der Waals surface area (Å²) in [7, 11) is 0. The Hall–Kier alpha value is -1.37. The molecule has 1 heterocycles. The smallest absolute Gasteiger partial charge is 0.228 e. The number of aryl methyl sites for hydroxylation is 1. The average molecular weight is 396 g/mol. The Balaban J connectivity index is 1.59. The maximum Gasteiger partial charge on any atom is 0.228 e. The zero-order valence-electron chi connectivity index (χ0n) is 12.7. The minimum Gasteiger partial charge on any atom is -0.491 e. The molecule has 1 aliphatic carbocycles. The third-order valence-electron chi connectivity index (χ3n) is 3.93. The number of aliphatic hydroxyl groups is 1. The van der Waals surface area contributed by atoms with Crippen LogP contribution in [0.4, 0.5) is 5.69 Å². The van der Waals surface area contributed by atoms with Crippen molar-refractivity contribution in [2.45, 2.75) is 19.3 Å². The first-order valence-corrected chi connectivity index (χ1v) is 9.15. The van der Waals surface area contributed by atoms with Gasteiger partial charge in [-0.2, -0.15) is 0 Å². The number of carbonyl (C=O) groups excluding carboxylic acids is 1. The lowest BCUT2D eigenvalue weighted by Crippen LogP contribution is -2.14. The highest BCUT2D eigenvalue weighted by Crippen LogP contribution is 2.49. The number of hydrogen-bond donors (Lipinski definition) is 2. The van der Waals surface area contributed by atoms with Gasteiger partial charge in [0.25, 0.3) is 0 Å². The number of halogens is 1. The number of aliphatic hydroxyl groups excluding tert-OH is 1. The van der Waals surface area contributed by atoms with Crippen molar-refractivity contribution >= 4 is 38.9 Å². The highest BCUT2D eigenvalue weighted by molar-refractivity contribution is 9.11. The number of ether oxygens (including phenoxy) is 1. The second-order valence-electron chi connectivity index (χ2n) is 5.67. The molecule has 2 atom stereocenters. The van der Waals surface area contributed by atoms with Gasteiger partial charge in [-0.05, 0) is 76.0 Å². The zero-order valence-corrected chi connectivity index (χ0v) is 15.1. The van der Waals surface area contributed by atoms with E-state index in [1.54, 1.807) is 11.3 Å². The number of carbonyl (C=O) groups is 1. The largest absolute Gasteiger partial charge is 0.491 e. The van der Waals surface area contributed by atoms with E-state index in [-0.39, 0.29) is 25.0 Å². The van der Waals surface area contributed by atoms with Gasteiger partial charge in [0.1, 0.15) is 12.4 Å². The summed E-state index contributed by atoms with van der Waals surface area (Å²) in [6, 6.07) is 7.64. The molecule has 0 unspecified atom stereocenters. The van der Waals surface area contributed by atoms with E-state index in [2.05, 4.69) is 32.7 Å². The van der Waals surface area contributed by atoms with Gasteiger partial charge in [0.05, 0.1) is 10.4 Å². The molecule has 0 bridgehead atoms. The molecule has 6 heteroatoms. The summed E-state index contributed by atoms with van der Waals surface area (Å²) in [5.41, 5.74) is 2.96. The number of hydrogen-bond acceptors (Lipinski definition) is 4. The van der Waals surface area contributed by atoms with Crippen molar-refractivity contribution in [1.82, 2.24) is 0 Å². The van der Waals surface area contributed by atoms with Crippen molar-refractivity contribution in [2.24, 2.45) is 5.92 Å². The molecule has 122 valence electrons. The van der Waals surface area contributed by atoms with Crippen LogP contribution in [0.1, 0.15) is 23.5 Å². The maximum atomic E-state index is 12.3. The summed E-state index contributed by atoms with van der Waals surface area (Å²) in [5.74, 6) is 1.19. The van der Waals surface area contributed by atoms with E-state index >= 15 is 0 Å². The van der Waals surface area contributed by atoms with Crippen LogP contribution in [0.2, 0.25) is 0 Å². The van der Waals surface area contributed by atoms with Crippen LogP contribution in [0.25, 0.3) is 0 Å². The minimum absolute atomic E-state index is 0.0142. The molecule has 0 radical (unpaired) electrons. The van der Waals surface area contributed by atoms with Gasteiger partial charge >= 0.3 is 0 Å². The fourth-order valence-corrected chi connectivity index (χ4v) is 3.89. The van der Waals surface area contributed by atoms with Crippen LogP contribution in [-0.2, 0) is 4.79 Å². The molecule has 1 aromatic carbocycles. The first-order chi connectivity index (χ1) is 11.1. The predicted octanol–water partition coefficient (Wildman–Crippen LogP) is 3.93. The van der Waals surface area contributed by atoms with E-state index in [0.29, 0.717) is 5.92 Å². The number of benzene rings is 1. The second-order valence-corrected chi connectivity index (χ2v) is 7.96. The fourth-order valence-electron chi connectivity index (χ4n) is 2.65. The summed E-state index contributed by atoms with van der Waals surface area (Å²) in [6.45, 7) is 2.18. The molecule has 2 aromatic rings. The molecule has 2 N–H and O–H groups in total. The van der Waals surface area contributed by atoms with Crippen molar-refractivity contribution in [3.8, 4) is 5.75 Å². The fraction of sp³-hybridized carbons (Fsp3) is 0.353. The Morgan fingerprint density at radius 2 is 2.30 bits per heavy atom. The van der Waals surface area contributed by atoms with Gasteiger partial charge in [0, 0.05) is 11.6 Å². The van der Waals surface area contributed by atoms with Crippen molar-refractivity contribution in [3.63, 3.8) is 0 Å². The average Bonchev–Trinajstić information content (AvgIpc) is 3.21. The van der Waals surface area contributed by atoms with E-state index in [1.807, 2.05) is 25.1 Å². The van der Waals surface area contributed by atoms with Crippen LogP contribution in [-0.4, -0.2) is 24.2 Å². The molecular weight excluding hydrogens is 378 g/mol. The lowest BCUT2D eigenvalue weighted by molar-refractivity contribution is -0.117. The van der Waals surface area contributed by atoms with E-state index in [4.69, 9.17) is 9.84 Å². The van der Waals surface area contributed by atoms with Crippen LogP contribution < -0.4 is 10.1 Å². The summed E-state index contributed by atoms with van der Waals surface area (Å²) in [4.78, 5) is 12.3. The van der Waals surface area contributed by atoms with E-state index < -0.39 is 0 Å². The van der Waals surface area contributed by atoms with Crippen LogP contribution in [0.5, 0.6) is 5.75 Å². The standard InChI is InChI=1S/C17H18BrNO3S/c1-10-6-12(2-3-15(10)22-5-4-20)19-17(21)14-8-13(14)11-7-16(18)23-9-11/h2-3,6-7,9,13-14,20H,4-5,8H2,1H3,(H,19,21)/t13-,14+/m0/s1. The Morgan fingerprint density at radius 3 is 2.96 bits per heavy atom. The van der Waals surface area contributed by atoms with E-state index in [1.165, 1.54) is 5.56 Å². The first kappa shape index (κ1) is 16.5. The lowest BCUT2D eigenvalue weighted by Gasteiger charge is -2.10. The van der Waals surface area contributed by atoms with E-state index in [9.17, 15) is 4.79 Å². The molecular formula is C17H18BrNO3S. The normalized spacial score (nSPS) is 19.4. The number of anilines is 1. The van der Waals surface area contributed by atoms with Crippen LogP contribution in [0, 0.1) is 12.8 Å². The molecule has 3 rings (SSSR count). The third kappa shape index (κ3) is 3.94. The number of nitrogens with one attached hydrogen (secondary N) is 1. The van der Waals surface area contributed by atoms with E-state index in [0.717, 1.165) is 27.2 Å². The predicted molar refractivity (Wildman–Crippen MR) is 95.3 cm³/mol. The van der Waals surface area contributed by atoms with Gasteiger partial charge in [-0.1, -0.05) is 0 Å². The Kier molecular flexibility index (Phi) is 5.04. The van der Waals surface area contributed by atoms with Crippen LogP contribution in [0.3, 0.4) is 0 Å². The van der Waals surface area contributed by atoms with Gasteiger partial charge < -0.3 is 15.2 Å². The Morgan fingerprint density at radius 1 is 1.48 bits per heavy atom. The molecule has 0 aliphatic heterocycles. The van der Waals surface area contributed by atoms with Crippen molar-refractivity contribution in [3.05, 3.63) is 44.6 Å². The van der Waals surface area contributed by atoms with Crippen molar-refractivity contribution in [2.75, 3.05) is 18.5 Å². The molecule has 1 fully saturated rings. The molecule has 1 amide bonds. The summed E-state index contributed by atoms with van der Waals surface area (Å²) < 4.78 is 6.52. The highest BCUT2D eigenvalue weighted by Gasteiger charge is 2.44. The van der Waals surface area contributed by atoms with Crippen molar-refractivity contribution < 1.29 is 14.6 Å². The van der Waals surface area contributed by atoms with Gasteiger partial charge in [0.2, 0.25) is 5.91 Å². The molecule has 1 aromatic heterocycles. The first-order valence-electron chi connectivity index (χ1n) is 7.47. The minimum atomic E-state index is -0.0142. The topological polar surface area (TPSA) is 58.6 Å². The summed E-state index contributed by atoms with van der Waals surface area (Å²) in [5, 5.41) is 13.9. The number of rotatable bonds is 6. The SMILES string of the molecule is Cc1cc(NC(=O)[C@@H]2C[C@H]2c2csc(Br)c2)ccc1OCCO. The quantitative estimate of drug-likeness (QED) is 0.778. The molecule has 0 spiro atoms. The second kappa shape index (κ2) is 7.03. The zero-order chi connectivity index (χ0) is 16.4. The molecule has 1 saturated carbocycles. The van der Waals surface area contributed by atoms with Crippen LogP contribution >= 0.6 is 27.3 Å². The van der Waals surface area contributed by atoms with Crippen molar-refractivity contribution in [1.29, 1.82) is 0 Å². The Labute approximate surface area is 147 Å². The highest BCUT2D eigenvalue weighted by atomic mass is 79.9. The lowest BCUT2D eigenvalue weighted by atomic mass is 10.1. The third-order valence-corrected chi connectivity index (χ3v) is 5.46. The number of thiophene rings is 1. The van der Waals surface area contributed by atoms with Gasteiger partial charge in [-0.25, -0.2) is 0 Å². The van der Waals surface area contributed by atoms with Gasteiger partial charge in [-0.15, -0.1) is 11.3 Å². The van der Waals surface area contributed by atoms with Crippen LogP contribution in [0.15, 0.2) is 33.4 Å². The van der Waals surface area contributed by atoms with Gasteiger partial charge in [-0.3, -0.25) is 4.79 Å². The summed E-state index contributed by atoms with van der Waals surface area (Å²) >= 11 is 5.12. The molecule has 1 aliphatic rings. The molecule has 23 heavy (non-hydrogen) atoms. The van der Waals surface area contributed by atoms with Gasteiger partial charge in [0.15, 0.2) is 0 Å². The monoisotopic (exact) mass is 395 g/mol.